The minimum Gasteiger partial charge on any atom is -0.484 e. The molecule has 0 N–H and O–H groups in total. The predicted octanol–water partition coefficient (Wildman–Crippen LogP) is 2.29. The molecular weight excluding hydrogens is 261 g/mol. The number of carbonyl (C=O) groups excluding carboxylic acids is 1. The van der Waals surface area contributed by atoms with Crippen molar-refractivity contribution in [3.05, 3.63) is 54.3 Å². The molecule has 100 valence electrons. The van der Waals surface area contributed by atoms with Gasteiger partial charge in [0.15, 0.2) is 6.61 Å². The molecule has 5 nitrogen and oxygen atoms in total. The second-order valence-corrected chi connectivity index (χ2v) is 4.13. The fraction of sp³-hybridized carbons (Fsp3) is 0.0714. The van der Waals surface area contributed by atoms with Gasteiger partial charge in [0.05, 0.1) is 5.52 Å². The molecule has 3 rings (SSSR count). The molecular formula is C14H10FN3O2. The Morgan fingerprint density at radius 2 is 1.90 bits per heavy atom. The van der Waals surface area contributed by atoms with Gasteiger partial charge >= 0.3 is 0 Å². The lowest BCUT2D eigenvalue weighted by Gasteiger charge is -2.05. The van der Waals surface area contributed by atoms with Gasteiger partial charge < -0.3 is 4.74 Å². The standard InChI is InChI=1S/C14H10FN3O2/c15-10-5-7-11(8-6-10)20-9-14(19)18-13-4-2-1-3-12(13)16-17-18/h1-8H,9H2. The maximum Gasteiger partial charge on any atom is 0.286 e. The first kappa shape index (κ1) is 12.3. The number of hydrogen-bond acceptors (Lipinski definition) is 4. The molecule has 3 aromatic rings. The average molecular weight is 271 g/mol. The van der Waals surface area contributed by atoms with E-state index < -0.39 is 0 Å². The minimum absolute atomic E-state index is 0.195. The molecule has 0 fully saturated rings. The van der Waals surface area contributed by atoms with Crippen LogP contribution in [0.5, 0.6) is 5.75 Å². The van der Waals surface area contributed by atoms with Gasteiger partial charge in [-0.1, -0.05) is 17.3 Å². The lowest BCUT2D eigenvalue weighted by Crippen LogP contribution is -2.20. The number of aromatic nitrogens is 3. The number of rotatable bonds is 3. The summed E-state index contributed by atoms with van der Waals surface area (Å²) in [7, 11) is 0. The molecule has 0 bridgehead atoms. The summed E-state index contributed by atoms with van der Waals surface area (Å²) in [5.41, 5.74) is 1.27. The van der Waals surface area contributed by atoms with Crippen molar-refractivity contribution in [1.82, 2.24) is 15.0 Å². The molecule has 0 radical (unpaired) electrons. The van der Waals surface area contributed by atoms with Crippen molar-refractivity contribution in [1.29, 1.82) is 0 Å². The Morgan fingerprint density at radius 1 is 1.15 bits per heavy atom. The molecule has 20 heavy (non-hydrogen) atoms. The summed E-state index contributed by atoms with van der Waals surface area (Å²) in [5, 5.41) is 7.69. The van der Waals surface area contributed by atoms with E-state index in [1.54, 1.807) is 18.2 Å². The number of carbonyl (C=O) groups is 1. The summed E-state index contributed by atoms with van der Waals surface area (Å²) in [5.74, 6) is -0.279. The summed E-state index contributed by atoms with van der Waals surface area (Å²) >= 11 is 0. The highest BCUT2D eigenvalue weighted by molar-refractivity contribution is 5.89. The topological polar surface area (TPSA) is 57.0 Å². The van der Waals surface area contributed by atoms with E-state index in [1.165, 1.54) is 28.9 Å². The Kier molecular flexibility index (Phi) is 3.12. The van der Waals surface area contributed by atoms with E-state index in [1.807, 2.05) is 6.07 Å². The van der Waals surface area contributed by atoms with E-state index in [9.17, 15) is 9.18 Å². The molecule has 0 spiro atoms. The van der Waals surface area contributed by atoms with Gasteiger partial charge in [0, 0.05) is 0 Å². The van der Waals surface area contributed by atoms with Crippen LogP contribution in [-0.2, 0) is 0 Å². The zero-order valence-electron chi connectivity index (χ0n) is 10.4. The summed E-state index contributed by atoms with van der Waals surface area (Å²) in [6, 6.07) is 12.6. The number of nitrogens with zero attached hydrogens (tertiary/aromatic N) is 3. The zero-order chi connectivity index (χ0) is 13.9. The van der Waals surface area contributed by atoms with Gasteiger partial charge in [-0.3, -0.25) is 4.79 Å². The van der Waals surface area contributed by atoms with Crippen LogP contribution in [-0.4, -0.2) is 27.5 Å². The van der Waals surface area contributed by atoms with Crippen molar-refractivity contribution in [2.45, 2.75) is 0 Å². The molecule has 0 amide bonds. The van der Waals surface area contributed by atoms with E-state index in [-0.39, 0.29) is 18.3 Å². The van der Waals surface area contributed by atoms with Crippen LogP contribution in [0.2, 0.25) is 0 Å². The Balaban J connectivity index is 1.75. The largest absolute Gasteiger partial charge is 0.484 e. The number of para-hydroxylation sites is 1. The Bertz CT molecular complexity index is 752. The van der Waals surface area contributed by atoms with Gasteiger partial charge in [-0.05, 0) is 36.4 Å². The summed E-state index contributed by atoms with van der Waals surface area (Å²) in [6.45, 7) is -0.195. The van der Waals surface area contributed by atoms with Crippen LogP contribution in [0.4, 0.5) is 4.39 Å². The fourth-order valence-electron chi connectivity index (χ4n) is 1.79. The molecule has 1 aromatic heterocycles. The molecule has 0 aliphatic rings. The van der Waals surface area contributed by atoms with Crippen molar-refractivity contribution in [2.24, 2.45) is 0 Å². The van der Waals surface area contributed by atoms with Gasteiger partial charge in [-0.15, -0.1) is 5.10 Å². The van der Waals surface area contributed by atoms with Crippen molar-refractivity contribution in [3.63, 3.8) is 0 Å². The smallest absolute Gasteiger partial charge is 0.286 e. The lowest BCUT2D eigenvalue weighted by atomic mass is 10.3. The van der Waals surface area contributed by atoms with Crippen molar-refractivity contribution >= 4 is 16.9 Å². The van der Waals surface area contributed by atoms with E-state index >= 15 is 0 Å². The molecule has 0 aliphatic carbocycles. The Hall–Kier alpha value is -2.76. The number of fused-ring (bicyclic) bond motifs is 1. The van der Waals surface area contributed by atoms with Gasteiger partial charge in [0.2, 0.25) is 0 Å². The maximum absolute atomic E-state index is 12.7. The molecule has 0 unspecified atom stereocenters. The molecule has 6 heteroatoms. The first-order valence-electron chi connectivity index (χ1n) is 5.96. The van der Waals surface area contributed by atoms with Gasteiger partial charge in [-0.2, -0.15) is 4.68 Å². The number of benzene rings is 2. The van der Waals surface area contributed by atoms with Crippen LogP contribution in [0.25, 0.3) is 11.0 Å². The number of hydrogen-bond donors (Lipinski definition) is 0. The third-order valence-corrected chi connectivity index (χ3v) is 2.76. The predicted molar refractivity (Wildman–Crippen MR) is 70.0 cm³/mol. The maximum atomic E-state index is 12.7. The van der Waals surface area contributed by atoms with Gasteiger partial charge in [-0.25, -0.2) is 4.39 Å². The molecule has 0 atom stereocenters. The van der Waals surface area contributed by atoms with E-state index in [4.69, 9.17) is 4.74 Å². The van der Waals surface area contributed by atoms with Gasteiger partial charge in [0.1, 0.15) is 17.1 Å². The quantitative estimate of drug-likeness (QED) is 0.733. The molecule has 2 aromatic carbocycles. The minimum atomic E-state index is -0.356. The van der Waals surface area contributed by atoms with Crippen LogP contribution in [0, 0.1) is 5.82 Å². The highest BCUT2D eigenvalue weighted by Crippen LogP contribution is 2.12. The fourth-order valence-corrected chi connectivity index (χ4v) is 1.79. The third kappa shape index (κ3) is 2.35. The SMILES string of the molecule is O=C(COc1ccc(F)cc1)n1nnc2ccccc21. The number of ether oxygens (including phenoxy) is 1. The molecule has 0 saturated carbocycles. The first-order valence-corrected chi connectivity index (χ1v) is 5.96. The lowest BCUT2D eigenvalue weighted by molar-refractivity contribution is 0.0824. The van der Waals surface area contributed by atoms with Crippen LogP contribution in [0.15, 0.2) is 48.5 Å². The average Bonchev–Trinajstić information content (AvgIpc) is 2.90. The molecule has 0 aliphatic heterocycles. The highest BCUT2D eigenvalue weighted by atomic mass is 19.1. The van der Waals surface area contributed by atoms with Crippen molar-refractivity contribution in [3.8, 4) is 5.75 Å². The van der Waals surface area contributed by atoms with Crippen molar-refractivity contribution in [2.75, 3.05) is 6.61 Å². The van der Waals surface area contributed by atoms with Crippen LogP contribution < -0.4 is 4.74 Å². The first-order chi connectivity index (χ1) is 9.74. The third-order valence-electron chi connectivity index (χ3n) is 2.76. The van der Waals surface area contributed by atoms with Crippen LogP contribution in [0.3, 0.4) is 0 Å². The normalized spacial score (nSPS) is 10.7. The van der Waals surface area contributed by atoms with E-state index in [0.717, 1.165) is 0 Å². The van der Waals surface area contributed by atoms with Crippen molar-refractivity contribution < 1.29 is 13.9 Å². The van der Waals surface area contributed by atoms with E-state index in [2.05, 4.69) is 10.3 Å². The molecule has 1 heterocycles. The Morgan fingerprint density at radius 3 is 2.70 bits per heavy atom. The summed E-state index contributed by atoms with van der Waals surface area (Å²) in [6.07, 6.45) is 0. The Labute approximate surface area is 113 Å². The van der Waals surface area contributed by atoms with Gasteiger partial charge in [0.25, 0.3) is 5.91 Å². The number of halogens is 1. The second-order valence-electron chi connectivity index (χ2n) is 4.13. The highest BCUT2D eigenvalue weighted by Gasteiger charge is 2.12. The summed E-state index contributed by atoms with van der Waals surface area (Å²) in [4.78, 5) is 12.0. The molecule has 0 saturated heterocycles. The summed E-state index contributed by atoms with van der Waals surface area (Å²) < 4.78 is 19.2. The monoisotopic (exact) mass is 271 g/mol. The van der Waals surface area contributed by atoms with Crippen LogP contribution in [0.1, 0.15) is 4.79 Å². The zero-order valence-corrected chi connectivity index (χ0v) is 10.4. The second kappa shape index (κ2) is 5.08. The van der Waals surface area contributed by atoms with Crippen LogP contribution >= 0.6 is 0 Å². The van der Waals surface area contributed by atoms with E-state index in [0.29, 0.717) is 16.8 Å².